The SMILES string of the molecule is CC(=O)c1ccc2c(c1)CCC2.CCC1(CC)CC(=O)NC(N)=N1.CCCC1c2ccccc2OCC1C.CO. The highest BCUT2D eigenvalue weighted by molar-refractivity contribution is 5.98. The Morgan fingerprint density at radius 3 is 2.40 bits per heavy atom. The van der Waals surface area contributed by atoms with Gasteiger partial charge in [0.2, 0.25) is 5.91 Å². The van der Waals surface area contributed by atoms with Crippen LogP contribution >= 0.6 is 0 Å². The number of para-hydroxylation sites is 1. The van der Waals surface area contributed by atoms with E-state index in [1.165, 1.54) is 42.4 Å². The van der Waals surface area contributed by atoms with Gasteiger partial charge >= 0.3 is 0 Å². The summed E-state index contributed by atoms with van der Waals surface area (Å²) in [5, 5.41) is 9.49. The van der Waals surface area contributed by atoms with Crippen LogP contribution in [-0.2, 0) is 17.6 Å². The molecule has 0 radical (unpaired) electrons. The van der Waals surface area contributed by atoms with Crippen LogP contribution < -0.4 is 15.8 Å². The number of ketones is 1. The van der Waals surface area contributed by atoms with E-state index in [0.29, 0.717) is 18.3 Å². The molecule has 220 valence electrons. The van der Waals surface area contributed by atoms with Crippen molar-refractivity contribution in [3.05, 3.63) is 64.7 Å². The van der Waals surface area contributed by atoms with Crippen molar-refractivity contribution in [2.75, 3.05) is 13.7 Å². The Morgan fingerprint density at radius 1 is 1.10 bits per heavy atom. The summed E-state index contributed by atoms with van der Waals surface area (Å²) in [5.74, 6) is 2.87. The average molecular weight is 552 g/mol. The molecule has 2 unspecified atom stereocenters. The van der Waals surface area contributed by atoms with Gasteiger partial charge in [-0.15, -0.1) is 0 Å². The molecule has 2 heterocycles. The van der Waals surface area contributed by atoms with Gasteiger partial charge in [0.05, 0.1) is 18.6 Å². The molecule has 3 aliphatic rings. The number of carbonyl (C=O) groups excluding carboxylic acids is 2. The molecular weight excluding hydrogens is 502 g/mol. The summed E-state index contributed by atoms with van der Waals surface area (Å²) in [6.45, 7) is 11.1. The van der Waals surface area contributed by atoms with Gasteiger partial charge in [-0.3, -0.25) is 14.9 Å². The van der Waals surface area contributed by atoms with Crippen LogP contribution in [0.2, 0.25) is 0 Å². The van der Waals surface area contributed by atoms with Gasteiger partial charge in [-0.25, -0.2) is 4.99 Å². The molecule has 2 aromatic carbocycles. The van der Waals surface area contributed by atoms with Gasteiger partial charge < -0.3 is 15.6 Å². The largest absolute Gasteiger partial charge is 0.493 e. The first-order valence-corrected chi connectivity index (χ1v) is 14.7. The highest BCUT2D eigenvalue weighted by atomic mass is 16.5. The van der Waals surface area contributed by atoms with Crippen LogP contribution in [0.5, 0.6) is 5.75 Å². The van der Waals surface area contributed by atoms with Crippen LogP contribution in [0.3, 0.4) is 0 Å². The number of rotatable bonds is 5. The summed E-state index contributed by atoms with van der Waals surface area (Å²) in [6, 6.07) is 14.5. The van der Waals surface area contributed by atoms with Crippen molar-refractivity contribution in [3.8, 4) is 5.75 Å². The second kappa shape index (κ2) is 16.2. The van der Waals surface area contributed by atoms with Crippen molar-refractivity contribution < 1.29 is 19.4 Å². The first-order chi connectivity index (χ1) is 19.2. The molecule has 1 aliphatic carbocycles. The van der Waals surface area contributed by atoms with E-state index in [0.717, 1.165) is 44.3 Å². The van der Waals surface area contributed by atoms with E-state index < -0.39 is 0 Å². The second-order valence-electron chi connectivity index (χ2n) is 10.8. The molecule has 40 heavy (non-hydrogen) atoms. The van der Waals surface area contributed by atoms with E-state index in [2.05, 4.69) is 54.5 Å². The van der Waals surface area contributed by atoms with Crippen molar-refractivity contribution in [2.24, 2.45) is 16.6 Å². The predicted octanol–water partition coefficient (Wildman–Crippen LogP) is 5.97. The maximum atomic E-state index is 11.1. The second-order valence-corrected chi connectivity index (χ2v) is 10.8. The maximum Gasteiger partial charge on any atom is 0.229 e. The van der Waals surface area contributed by atoms with Crippen LogP contribution in [0.4, 0.5) is 0 Å². The smallest absolute Gasteiger partial charge is 0.229 e. The lowest BCUT2D eigenvalue weighted by molar-refractivity contribution is -0.121. The molecule has 0 saturated heterocycles. The number of fused-ring (bicyclic) bond motifs is 2. The topological polar surface area (TPSA) is 114 Å². The fraction of sp³-hybridized carbons (Fsp3) is 0.545. The third-order valence-electron chi connectivity index (χ3n) is 8.04. The lowest BCUT2D eigenvalue weighted by Gasteiger charge is -2.31. The van der Waals surface area contributed by atoms with Crippen LogP contribution in [0.1, 0.15) is 106 Å². The first kappa shape index (κ1) is 33.0. The van der Waals surface area contributed by atoms with Crippen molar-refractivity contribution >= 4 is 17.6 Å². The Labute approximate surface area is 240 Å². The molecule has 7 nitrogen and oxygen atoms in total. The third-order valence-corrected chi connectivity index (χ3v) is 8.04. The Morgan fingerprint density at radius 2 is 1.77 bits per heavy atom. The Balaban J connectivity index is 0.000000204. The number of ether oxygens (including phenoxy) is 1. The zero-order valence-corrected chi connectivity index (χ0v) is 25.3. The van der Waals surface area contributed by atoms with Crippen LogP contribution in [0.15, 0.2) is 47.5 Å². The first-order valence-electron chi connectivity index (χ1n) is 14.7. The number of aryl methyl sites for hydroxylation is 2. The van der Waals surface area contributed by atoms with E-state index in [1.807, 2.05) is 26.0 Å². The highest BCUT2D eigenvalue weighted by Crippen LogP contribution is 2.39. The quantitative estimate of drug-likeness (QED) is 0.397. The van der Waals surface area contributed by atoms with Crippen LogP contribution in [-0.4, -0.2) is 42.0 Å². The van der Waals surface area contributed by atoms with E-state index in [-0.39, 0.29) is 23.2 Å². The lowest BCUT2D eigenvalue weighted by atomic mass is 9.82. The Bertz CT molecular complexity index is 1140. The van der Waals surface area contributed by atoms with Gasteiger partial charge in [-0.1, -0.05) is 64.4 Å². The number of hydrogen-bond donors (Lipinski definition) is 3. The zero-order valence-electron chi connectivity index (χ0n) is 25.3. The van der Waals surface area contributed by atoms with Crippen molar-refractivity contribution in [3.63, 3.8) is 0 Å². The van der Waals surface area contributed by atoms with Crippen molar-refractivity contribution in [1.82, 2.24) is 5.32 Å². The zero-order chi connectivity index (χ0) is 29.7. The fourth-order valence-electron chi connectivity index (χ4n) is 5.57. The molecule has 0 aromatic heterocycles. The van der Waals surface area contributed by atoms with Gasteiger partial charge in [0, 0.05) is 12.7 Å². The number of aliphatic imine (C=N–C) groups is 1. The number of amides is 1. The number of nitrogens with zero attached hydrogens (tertiary/aromatic N) is 1. The minimum atomic E-state index is -0.244. The number of carbonyl (C=O) groups is 2. The van der Waals surface area contributed by atoms with Crippen molar-refractivity contribution in [1.29, 1.82) is 0 Å². The van der Waals surface area contributed by atoms with Gasteiger partial charge in [0.15, 0.2) is 11.7 Å². The Hall–Kier alpha value is -3.19. The number of hydrogen-bond acceptors (Lipinski definition) is 6. The summed E-state index contributed by atoms with van der Waals surface area (Å²) < 4.78 is 5.71. The molecule has 2 atom stereocenters. The van der Waals surface area contributed by atoms with Crippen molar-refractivity contribution in [2.45, 2.75) is 97.4 Å². The lowest BCUT2D eigenvalue weighted by Crippen LogP contribution is -2.48. The molecule has 4 N–H and O–H groups in total. The molecule has 2 aromatic rings. The van der Waals surface area contributed by atoms with Gasteiger partial charge in [-0.05, 0) is 86.1 Å². The monoisotopic (exact) mass is 551 g/mol. The number of aliphatic hydroxyl groups excluding tert-OH is 1. The molecule has 0 saturated carbocycles. The van der Waals surface area contributed by atoms with E-state index in [4.69, 9.17) is 15.6 Å². The predicted molar refractivity (Wildman–Crippen MR) is 163 cm³/mol. The molecule has 0 bridgehead atoms. The standard InChI is InChI=1S/C13H18O.C11H12O.C8H15N3O.CH4O/c1-3-6-11-10(2)9-14-13-8-5-4-7-12(11)13;1-8(12)10-6-5-9-3-2-4-11(9)7-10;1-3-8(4-2)5-6(12)10-7(9)11-8;1-2/h4-5,7-8,10-11H,3,6,9H2,1-2H3;5-7H,2-4H2,1H3;3-5H2,1-2H3,(H3,9,10,11,12);2H,1H3. The number of guanidine groups is 1. The van der Waals surface area contributed by atoms with E-state index >= 15 is 0 Å². The molecule has 1 amide bonds. The summed E-state index contributed by atoms with van der Waals surface area (Å²) >= 11 is 0. The third kappa shape index (κ3) is 8.91. The minimum Gasteiger partial charge on any atom is -0.493 e. The molecular formula is C33H49N3O4. The number of Topliss-reactive ketones (excluding diaryl/α,β-unsaturated/α-hetero) is 1. The Kier molecular flexibility index (Phi) is 13.3. The van der Waals surface area contributed by atoms with E-state index in [9.17, 15) is 9.59 Å². The number of benzene rings is 2. The summed E-state index contributed by atoms with van der Waals surface area (Å²) in [7, 11) is 1.00. The highest BCUT2D eigenvalue weighted by Gasteiger charge is 2.32. The molecule has 2 aliphatic heterocycles. The average Bonchev–Trinajstić information content (AvgIpc) is 3.44. The van der Waals surface area contributed by atoms with Crippen LogP contribution in [0.25, 0.3) is 0 Å². The summed E-state index contributed by atoms with van der Waals surface area (Å²) in [4.78, 5) is 26.4. The van der Waals surface area contributed by atoms with Gasteiger partial charge in [0.1, 0.15) is 5.75 Å². The summed E-state index contributed by atoms with van der Waals surface area (Å²) in [5.41, 5.74) is 10.3. The maximum absolute atomic E-state index is 11.1. The molecule has 5 rings (SSSR count). The van der Waals surface area contributed by atoms with E-state index in [1.54, 1.807) is 6.92 Å². The van der Waals surface area contributed by atoms with Crippen LogP contribution in [0, 0.1) is 5.92 Å². The molecule has 7 heteroatoms. The number of aliphatic hydroxyl groups is 1. The fourth-order valence-corrected chi connectivity index (χ4v) is 5.57. The van der Waals surface area contributed by atoms with Gasteiger partial charge in [0.25, 0.3) is 0 Å². The molecule has 0 spiro atoms. The number of nitrogens with one attached hydrogen (secondary N) is 1. The molecule has 0 fully saturated rings. The minimum absolute atomic E-state index is 0.0220. The van der Waals surface area contributed by atoms with Gasteiger partial charge in [-0.2, -0.15) is 0 Å². The summed E-state index contributed by atoms with van der Waals surface area (Å²) in [6.07, 6.45) is 8.29. The normalized spacial score (nSPS) is 19.8. The number of nitrogens with two attached hydrogens (primary N) is 1.